The summed E-state index contributed by atoms with van der Waals surface area (Å²) >= 11 is 0. The van der Waals surface area contributed by atoms with E-state index in [9.17, 15) is 4.79 Å². The number of carbonyl (C=O) groups is 1. The van der Waals surface area contributed by atoms with Crippen molar-refractivity contribution in [1.82, 2.24) is 9.55 Å². The van der Waals surface area contributed by atoms with Crippen molar-refractivity contribution in [1.29, 1.82) is 0 Å². The van der Waals surface area contributed by atoms with Gasteiger partial charge in [0.25, 0.3) is 0 Å². The molecule has 0 amide bonds. The third kappa shape index (κ3) is 2.59. The minimum Gasteiger partial charge on any atom is -0.487 e. The first kappa shape index (κ1) is 12.4. The summed E-state index contributed by atoms with van der Waals surface area (Å²) in [5, 5.41) is 0. The van der Waals surface area contributed by atoms with Gasteiger partial charge >= 0.3 is 0 Å². The average Bonchev–Trinajstić information content (AvgIpc) is 2.85. The molecule has 0 saturated carbocycles. The SMILES string of the molecule is CC(C)n1cncc1COc1ccccc1C=O. The van der Waals surface area contributed by atoms with Crippen LogP contribution in [0.5, 0.6) is 5.75 Å². The number of hydrogen-bond acceptors (Lipinski definition) is 3. The quantitative estimate of drug-likeness (QED) is 0.760. The van der Waals surface area contributed by atoms with Crippen LogP contribution in [0.15, 0.2) is 36.8 Å². The van der Waals surface area contributed by atoms with E-state index in [1.54, 1.807) is 24.7 Å². The lowest BCUT2D eigenvalue weighted by Crippen LogP contribution is -2.07. The second-order valence-electron chi connectivity index (χ2n) is 4.33. The van der Waals surface area contributed by atoms with E-state index in [4.69, 9.17) is 4.74 Å². The molecule has 0 unspecified atom stereocenters. The first-order valence-corrected chi connectivity index (χ1v) is 5.90. The average molecular weight is 244 g/mol. The predicted molar refractivity (Wildman–Crippen MR) is 68.8 cm³/mol. The van der Waals surface area contributed by atoms with E-state index in [1.807, 2.05) is 16.7 Å². The minimum absolute atomic E-state index is 0.340. The van der Waals surface area contributed by atoms with Crippen molar-refractivity contribution in [2.45, 2.75) is 26.5 Å². The Balaban J connectivity index is 2.11. The highest BCUT2D eigenvalue weighted by molar-refractivity contribution is 5.79. The highest BCUT2D eigenvalue weighted by atomic mass is 16.5. The molecule has 0 spiro atoms. The summed E-state index contributed by atoms with van der Waals surface area (Å²) in [6.07, 6.45) is 4.37. The maximum Gasteiger partial charge on any atom is 0.153 e. The Morgan fingerprint density at radius 2 is 2.17 bits per heavy atom. The van der Waals surface area contributed by atoms with Gasteiger partial charge in [-0.05, 0) is 26.0 Å². The molecular weight excluding hydrogens is 228 g/mol. The molecular formula is C14H16N2O2. The zero-order chi connectivity index (χ0) is 13.0. The van der Waals surface area contributed by atoms with Crippen molar-refractivity contribution in [2.24, 2.45) is 0 Å². The van der Waals surface area contributed by atoms with Crippen LogP contribution in [0.3, 0.4) is 0 Å². The zero-order valence-corrected chi connectivity index (χ0v) is 10.5. The molecule has 4 nitrogen and oxygen atoms in total. The van der Waals surface area contributed by atoms with Crippen molar-refractivity contribution in [3.05, 3.63) is 48.0 Å². The number of ether oxygens (including phenoxy) is 1. The van der Waals surface area contributed by atoms with Gasteiger partial charge in [0, 0.05) is 6.04 Å². The van der Waals surface area contributed by atoms with E-state index < -0.39 is 0 Å². The van der Waals surface area contributed by atoms with Gasteiger partial charge in [-0.2, -0.15) is 0 Å². The number of hydrogen-bond donors (Lipinski definition) is 0. The van der Waals surface area contributed by atoms with E-state index in [0.717, 1.165) is 12.0 Å². The van der Waals surface area contributed by atoms with Crippen LogP contribution in [0, 0.1) is 0 Å². The summed E-state index contributed by atoms with van der Waals surface area (Å²) < 4.78 is 7.72. The van der Waals surface area contributed by atoms with Crippen molar-refractivity contribution >= 4 is 6.29 Å². The Bertz CT molecular complexity index is 532. The molecule has 0 N–H and O–H groups in total. The molecule has 0 aliphatic rings. The standard InChI is InChI=1S/C14H16N2O2/c1-11(2)16-10-15-7-13(16)9-18-14-6-4-3-5-12(14)8-17/h3-8,10-11H,9H2,1-2H3. The molecule has 2 rings (SSSR count). The van der Waals surface area contributed by atoms with Crippen molar-refractivity contribution in [3.63, 3.8) is 0 Å². The maximum absolute atomic E-state index is 10.9. The molecule has 2 aromatic rings. The molecule has 0 fully saturated rings. The Kier molecular flexibility index (Phi) is 3.77. The Labute approximate surface area is 106 Å². The highest BCUT2D eigenvalue weighted by Gasteiger charge is 2.07. The second-order valence-corrected chi connectivity index (χ2v) is 4.33. The van der Waals surface area contributed by atoms with E-state index in [0.29, 0.717) is 24.0 Å². The van der Waals surface area contributed by atoms with Gasteiger partial charge in [-0.15, -0.1) is 0 Å². The zero-order valence-electron chi connectivity index (χ0n) is 10.5. The molecule has 0 saturated heterocycles. The first-order chi connectivity index (χ1) is 8.72. The van der Waals surface area contributed by atoms with Gasteiger partial charge in [0.15, 0.2) is 6.29 Å². The molecule has 4 heteroatoms. The number of aldehydes is 1. The number of para-hydroxylation sites is 1. The van der Waals surface area contributed by atoms with Crippen LogP contribution < -0.4 is 4.74 Å². The molecule has 1 aromatic carbocycles. The summed E-state index contributed by atoms with van der Waals surface area (Å²) in [5.74, 6) is 0.601. The van der Waals surface area contributed by atoms with Crippen LogP contribution in [0.25, 0.3) is 0 Å². The summed E-state index contributed by atoms with van der Waals surface area (Å²) in [7, 11) is 0. The molecule has 0 bridgehead atoms. The lowest BCUT2D eigenvalue weighted by atomic mass is 10.2. The molecule has 0 aliphatic heterocycles. The summed E-state index contributed by atoms with van der Waals surface area (Å²) in [5.41, 5.74) is 1.55. The molecule has 1 aromatic heterocycles. The Morgan fingerprint density at radius 1 is 1.39 bits per heavy atom. The van der Waals surface area contributed by atoms with Gasteiger partial charge in [0.2, 0.25) is 0 Å². The monoisotopic (exact) mass is 244 g/mol. The number of nitrogens with zero attached hydrogens (tertiary/aromatic N) is 2. The Morgan fingerprint density at radius 3 is 2.89 bits per heavy atom. The number of aromatic nitrogens is 2. The van der Waals surface area contributed by atoms with Gasteiger partial charge in [-0.1, -0.05) is 12.1 Å². The summed E-state index contributed by atoms with van der Waals surface area (Å²) in [6.45, 7) is 4.58. The fourth-order valence-electron chi connectivity index (χ4n) is 1.77. The van der Waals surface area contributed by atoms with Crippen molar-refractivity contribution in [2.75, 3.05) is 0 Å². The van der Waals surface area contributed by atoms with Crippen molar-refractivity contribution in [3.8, 4) is 5.75 Å². The highest BCUT2D eigenvalue weighted by Crippen LogP contribution is 2.18. The van der Waals surface area contributed by atoms with Gasteiger partial charge in [-0.25, -0.2) is 4.98 Å². The first-order valence-electron chi connectivity index (χ1n) is 5.90. The van der Waals surface area contributed by atoms with Gasteiger partial charge in [0.1, 0.15) is 12.4 Å². The lowest BCUT2D eigenvalue weighted by Gasteiger charge is -2.13. The van der Waals surface area contributed by atoms with Crippen LogP contribution in [0.2, 0.25) is 0 Å². The van der Waals surface area contributed by atoms with E-state index in [-0.39, 0.29) is 0 Å². The lowest BCUT2D eigenvalue weighted by molar-refractivity contribution is 0.111. The maximum atomic E-state index is 10.9. The fraction of sp³-hybridized carbons (Fsp3) is 0.286. The number of carbonyl (C=O) groups excluding carboxylic acids is 1. The van der Waals surface area contributed by atoms with Crippen LogP contribution in [0.4, 0.5) is 0 Å². The molecule has 1 heterocycles. The number of rotatable bonds is 5. The van der Waals surface area contributed by atoms with E-state index in [2.05, 4.69) is 18.8 Å². The predicted octanol–water partition coefficient (Wildman–Crippen LogP) is 2.86. The molecule has 0 radical (unpaired) electrons. The summed E-state index contributed by atoms with van der Waals surface area (Å²) in [4.78, 5) is 15.0. The number of imidazole rings is 1. The van der Waals surface area contributed by atoms with Crippen LogP contribution in [-0.2, 0) is 6.61 Å². The van der Waals surface area contributed by atoms with E-state index >= 15 is 0 Å². The van der Waals surface area contributed by atoms with Crippen molar-refractivity contribution < 1.29 is 9.53 Å². The van der Waals surface area contributed by atoms with Crippen LogP contribution in [-0.4, -0.2) is 15.8 Å². The third-order valence-corrected chi connectivity index (χ3v) is 2.72. The third-order valence-electron chi connectivity index (χ3n) is 2.72. The largest absolute Gasteiger partial charge is 0.487 e. The Hall–Kier alpha value is -2.10. The minimum atomic E-state index is 0.340. The van der Waals surface area contributed by atoms with Crippen LogP contribution in [0.1, 0.15) is 35.9 Å². The normalized spacial score (nSPS) is 10.6. The van der Waals surface area contributed by atoms with E-state index in [1.165, 1.54) is 0 Å². The number of benzene rings is 1. The molecule has 18 heavy (non-hydrogen) atoms. The van der Waals surface area contributed by atoms with Crippen LogP contribution >= 0.6 is 0 Å². The summed E-state index contributed by atoms with van der Waals surface area (Å²) in [6, 6.07) is 7.53. The van der Waals surface area contributed by atoms with Gasteiger partial charge < -0.3 is 9.30 Å². The second kappa shape index (κ2) is 5.49. The fourth-order valence-corrected chi connectivity index (χ4v) is 1.77. The molecule has 94 valence electrons. The van der Waals surface area contributed by atoms with Gasteiger partial charge in [0.05, 0.1) is 23.8 Å². The smallest absolute Gasteiger partial charge is 0.153 e. The van der Waals surface area contributed by atoms with Gasteiger partial charge in [-0.3, -0.25) is 4.79 Å². The molecule has 0 atom stereocenters. The molecule has 0 aliphatic carbocycles. The topological polar surface area (TPSA) is 44.1 Å².